The molecule has 10 nitrogen and oxygen atoms in total. The second-order valence-electron chi connectivity index (χ2n) is 9.30. The molecule has 2 aliphatic rings. The number of hydrogen-bond acceptors (Lipinski definition) is 8. The monoisotopic (exact) mass is 436 g/mol. The van der Waals surface area contributed by atoms with E-state index < -0.39 is 24.0 Å². The third-order valence-corrected chi connectivity index (χ3v) is 5.23. The van der Waals surface area contributed by atoms with Crippen LogP contribution in [0, 0.1) is 5.41 Å². The van der Waals surface area contributed by atoms with Crippen molar-refractivity contribution >= 4 is 17.8 Å². The maximum atomic E-state index is 13.0. The van der Waals surface area contributed by atoms with Crippen molar-refractivity contribution in [2.75, 3.05) is 26.3 Å². The first kappa shape index (κ1) is 23.2. The summed E-state index contributed by atoms with van der Waals surface area (Å²) in [6.45, 7) is 9.60. The molecule has 1 aromatic rings. The van der Waals surface area contributed by atoms with Crippen molar-refractivity contribution in [1.82, 2.24) is 20.4 Å². The van der Waals surface area contributed by atoms with Crippen LogP contribution in [0.25, 0.3) is 0 Å². The molecule has 0 unspecified atom stereocenters. The molecule has 0 aromatic carbocycles. The first-order chi connectivity index (χ1) is 14.7. The number of ketones is 1. The van der Waals surface area contributed by atoms with E-state index in [2.05, 4.69) is 15.5 Å². The van der Waals surface area contributed by atoms with Crippen molar-refractivity contribution in [2.24, 2.45) is 5.41 Å². The largest absolute Gasteiger partial charge is 0.438 e. The van der Waals surface area contributed by atoms with E-state index in [-0.39, 0.29) is 29.5 Å². The van der Waals surface area contributed by atoms with Gasteiger partial charge in [-0.05, 0) is 31.1 Å². The van der Waals surface area contributed by atoms with Gasteiger partial charge in [-0.25, -0.2) is 4.79 Å². The van der Waals surface area contributed by atoms with E-state index >= 15 is 0 Å². The predicted octanol–water partition coefficient (Wildman–Crippen LogP) is 2.30. The molecule has 1 aromatic heterocycles. The molecule has 0 radical (unpaired) electrons. The number of amides is 2. The van der Waals surface area contributed by atoms with Crippen molar-refractivity contribution in [1.29, 1.82) is 0 Å². The number of Topliss-reactive ketones (excluding diaryl/α,β-unsaturated/α-hetero) is 1. The Kier molecular flexibility index (Phi) is 7.30. The average molecular weight is 437 g/mol. The van der Waals surface area contributed by atoms with Gasteiger partial charge >= 0.3 is 6.09 Å². The van der Waals surface area contributed by atoms with Gasteiger partial charge in [0.2, 0.25) is 23.4 Å². The van der Waals surface area contributed by atoms with Crippen molar-refractivity contribution in [3.8, 4) is 0 Å². The molecule has 2 atom stereocenters. The van der Waals surface area contributed by atoms with Crippen LogP contribution >= 0.6 is 0 Å². The summed E-state index contributed by atoms with van der Waals surface area (Å²) in [5.41, 5.74) is -0.205. The number of carbonyl (C=O) groups excluding carboxylic acids is 3. The predicted molar refractivity (Wildman–Crippen MR) is 110 cm³/mol. The van der Waals surface area contributed by atoms with Gasteiger partial charge in [0.15, 0.2) is 6.10 Å². The van der Waals surface area contributed by atoms with E-state index in [1.54, 1.807) is 11.8 Å². The van der Waals surface area contributed by atoms with Crippen LogP contribution in [0.2, 0.25) is 0 Å². The fourth-order valence-electron chi connectivity index (χ4n) is 3.42. The van der Waals surface area contributed by atoms with E-state index in [0.29, 0.717) is 38.6 Å². The quantitative estimate of drug-likeness (QED) is 0.616. The molecule has 2 heterocycles. The molecule has 2 fully saturated rings. The minimum atomic E-state index is -1.06. The van der Waals surface area contributed by atoms with Crippen LogP contribution in [-0.4, -0.2) is 71.3 Å². The highest BCUT2D eigenvalue weighted by atomic mass is 16.6. The summed E-state index contributed by atoms with van der Waals surface area (Å²) >= 11 is 0. The summed E-state index contributed by atoms with van der Waals surface area (Å²) in [5.74, 6) is -0.106. The van der Waals surface area contributed by atoms with Crippen LogP contribution in [0.3, 0.4) is 0 Å². The van der Waals surface area contributed by atoms with Gasteiger partial charge in [0.1, 0.15) is 6.04 Å². The zero-order chi connectivity index (χ0) is 22.6. The maximum Gasteiger partial charge on any atom is 0.408 e. The normalized spacial score (nSPS) is 18.9. The van der Waals surface area contributed by atoms with Crippen molar-refractivity contribution in [2.45, 2.75) is 71.4 Å². The second kappa shape index (κ2) is 9.76. The Morgan fingerprint density at radius 2 is 1.90 bits per heavy atom. The first-order valence-electron chi connectivity index (χ1n) is 10.9. The third kappa shape index (κ3) is 6.49. The molecule has 172 valence electrons. The number of ether oxygens (including phenoxy) is 2. The zero-order valence-electron chi connectivity index (χ0n) is 18.7. The lowest BCUT2D eigenvalue weighted by molar-refractivity contribution is -0.138. The van der Waals surface area contributed by atoms with E-state index in [4.69, 9.17) is 14.0 Å². The molecule has 1 aliphatic heterocycles. The molecule has 31 heavy (non-hydrogen) atoms. The smallest absolute Gasteiger partial charge is 0.408 e. The molecule has 1 aliphatic carbocycles. The van der Waals surface area contributed by atoms with E-state index in [1.165, 1.54) is 0 Å². The summed E-state index contributed by atoms with van der Waals surface area (Å²) in [7, 11) is 0. The molecule has 0 spiro atoms. The Morgan fingerprint density at radius 3 is 2.48 bits per heavy atom. The van der Waals surface area contributed by atoms with Crippen LogP contribution in [0.4, 0.5) is 4.79 Å². The van der Waals surface area contributed by atoms with Gasteiger partial charge in [-0.3, -0.25) is 9.59 Å². The summed E-state index contributed by atoms with van der Waals surface area (Å²) in [6.07, 6.45) is 0.746. The first-order valence-corrected chi connectivity index (χ1v) is 10.9. The molecular formula is C21H32N4O6. The minimum Gasteiger partial charge on any atom is -0.438 e. The number of rotatable bonds is 8. The molecule has 1 saturated carbocycles. The lowest BCUT2D eigenvalue weighted by Crippen LogP contribution is -2.53. The number of morpholine rings is 1. The Balaban J connectivity index is 1.63. The van der Waals surface area contributed by atoms with Gasteiger partial charge in [0.05, 0.1) is 13.2 Å². The Morgan fingerprint density at radius 1 is 1.23 bits per heavy atom. The molecule has 1 N–H and O–H groups in total. The van der Waals surface area contributed by atoms with Crippen molar-refractivity contribution < 1.29 is 28.4 Å². The third-order valence-electron chi connectivity index (χ3n) is 5.23. The average Bonchev–Trinajstić information content (AvgIpc) is 3.46. The fraction of sp³-hybridized carbons (Fsp3) is 0.762. The SMILES string of the molecule is CC[C@H](OC(=O)N[C@@H](CC(C)(C)C)C(=O)N1CCOCC1)C(=O)c1noc(C2CC2)n1. The van der Waals surface area contributed by atoms with Gasteiger partial charge in [-0.15, -0.1) is 0 Å². The summed E-state index contributed by atoms with van der Waals surface area (Å²) in [5, 5.41) is 6.40. The topological polar surface area (TPSA) is 124 Å². The zero-order valence-corrected chi connectivity index (χ0v) is 18.7. The number of hydrogen-bond donors (Lipinski definition) is 1. The Labute approximate surface area is 182 Å². The van der Waals surface area contributed by atoms with Crippen molar-refractivity contribution in [3.63, 3.8) is 0 Å². The Bertz CT molecular complexity index is 792. The van der Waals surface area contributed by atoms with E-state index in [1.807, 2.05) is 20.8 Å². The Hall–Kier alpha value is -2.49. The van der Waals surface area contributed by atoms with Crippen LogP contribution in [-0.2, 0) is 14.3 Å². The lowest BCUT2D eigenvalue weighted by atomic mass is 9.87. The van der Waals surface area contributed by atoms with Gasteiger partial charge in [0, 0.05) is 19.0 Å². The van der Waals surface area contributed by atoms with Crippen LogP contribution < -0.4 is 5.32 Å². The fourth-order valence-corrected chi connectivity index (χ4v) is 3.42. The maximum absolute atomic E-state index is 13.0. The molecule has 1 saturated heterocycles. The summed E-state index contributed by atoms with van der Waals surface area (Å²) in [6, 6.07) is -0.759. The van der Waals surface area contributed by atoms with Gasteiger partial charge in [-0.2, -0.15) is 4.98 Å². The van der Waals surface area contributed by atoms with E-state index in [0.717, 1.165) is 12.8 Å². The van der Waals surface area contributed by atoms with Crippen LogP contribution in [0.5, 0.6) is 0 Å². The number of nitrogens with one attached hydrogen (secondary N) is 1. The number of carbonyl (C=O) groups is 3. The number of aromatic nitrogens is 2. The highest BCUT2D eigenvalue weighted by molar-refractivity contribution is 5.97. The van der Waals surface area contributed by atoms with Gasteiger partial charge < -0.3 is 24.2 Å². The molecule has 2 amide bonds. The van der Waals surface area contributed by atoms with Gasteiger partial charge in [0.25, 0.3) is 0 Å². The molecule has 10 heteroatoms. The lowest BCUT2D eigenvalue weighted by Gasteiger charge is -2.33. The molecule has 0 bridgehead atoms. The van der Waals surface area contributed by atoms with Gasteiger partial charge in [-0.1, -0.05) is 32.9 Å². The minimum absolute atomic E-state index is 0.0859. The number of alkyl carbamates (subject to hydrolysis) is 1. The molecular weight excluding hydrogens is 404 g/mol. The number of nitrogens with zero attached hydrogens (tertiary/aromatic N) is 3. The van der Waals surface area contributed by atoms with E-state index in [9.17, 15) is 14.4 Å². The van der Waals surface area contributed by atoms with Crippen LogP contribution in [0.15, 0.2) is 4.52 Å². The highest BCUT2D eigenvalue weighted by Gasteiger charge is 2.35. The standard InChI is InChI=1S/C21H32N4O6/c1-5-15(16(26)17-23-18(31-24-17)13-6-7-13)30-20(28)22-14(12-21(2,3)4)19(27)25-8-10-29-11-9-25/h13-15H,5-12H2,1-4H3,(H,22,28)/t14-,15-/m0/s1. The second-order valence-corrected chi connectivity index (χ2v) is 9.30. The van der Waals surface area contributed by atoms with Crippen LogP contribution in [0.1, 0.15) is 75.8 Å². The highest BCUT2D eigenvalue weighted by Crippen LogP contribution is 2.38. The summed E-state index contributed by atoms with van der Waals surface area (Å²) < 4.78 is 15.8. The summed E-state index contributed by atoms with van der Waals surface area (Å²) in [4.78, 5) is 44.1. The molecule has 3 rings (SSSR count). The van der Waals surface area contributed by atoms with Crippen molar-refractivity contribution in [3.05, 3.63) is 11.7 Å².